The van der Waals surface area contributed by atoms with Crippen molar-refractivity contribution < 1.29 is 14.6 Å². The summed E-state index contributed by atoms with van der Waals surface area (Å²) in [7, 11) is 0. The first-order valence-corrected chi connectivity index (χ1v) is 13.5. The lowest BCUT2D eigenvalue weighted by molar-refractivity contribution is 0.129. The molecule has 37 heavy (non-hydrogen) atoms. The fraction of sp³-hybridized carbons (Fsp3) is 0.406. The van der Waals surface area contributed by atoms with Crippen LogP contribution in [0.5, 0.6) is 0 Å². The zero-order valence-electron chi connectivity index (χ0n) is 22.2. The highest BCUT2D eigenvalue weighted by atomic mass is 16.5. The van der Waals surface area contributed by atoms with Crippen LogP contribution in [-0.4, -0.2) is 29.8 Å². The molecule has 3 aromatic carbocycles. The quantitative estimate of drug-likeness (QED) is 0.212. The van der Waals surface area contributed by atoms with E-state index in [-0.39, 0.29) is 12.1 Å². The summed E-state index contributed by atoms with van der Waals surface area (Å²) in [5, 5.41) is 16.9. The molecule has 3 atom stereocenters. The molecule has 0 fully saturated rings. The van der Waals surface area contributed by atoms with Crippen molar-refractivity contribution >= 4 is 6.09 Å². The molecule has 0 bridgehead atoms. The van der Waals surface area contributed by atoms with Crippen LogP contribution in [-0.2, 0) is 24.2 Å². The Kier molecular flexibility index (Phi) is 12.2. The van der Waals surface area contributed by atoms with Crippen molar-refractivity contribution in [2.24, 2.45) is 0 Å². The van der Waals surface area contributed by atoms with Gasteiger partial charge in [-0.3, -0.25) is 0 Å². The van der Waals surface area contributed by atoms with Gasteiger partial charge < -0.3 is 20.5 Å². The number of aryl methyl sites for hydroxylation is 2. The van der Waals surface area contributed by atoms with Gasteiger partial charge in [-0.05, 0) is 74.6 Å². The number of amides is 1. The number of aliphatic hydroxyl groups excluding tert-OH is 1. The summed E-state index contributed by atoms with van der Waals surface area (Å²) in [5.41, 5.74) is 4.62. The fourth-order valence-electron chi connectivity index (χ4n) is 4.47. The molecule has 0 heterocycles. The van der Waals surface area contributed by atoms with Crippen LogP contribution in [0.3, 0.4) is 0 Å². The maximum Gasteiger partial charge on any atom is 0.407 e. The number of rotatable bonds is 15. The minimum absolute atomic E-state index is 0.00631. The number of alkyl carbamates (subject to hydrolysis) is 1. The Bertz CT molecular complexity index is 1020. The van der Waals surface area contributed by atoms with Crippen molar-refractivity contribution in [3.8, 4) is 0 Å². The second-order valence-electron chi connectivity index (χ2n) is 9.87. The SMILES string of the molecule is C[C@H](CCCc1ccc(CCCCNC(=O)OCc2ccccc2)cc1)N[C@@H](C)[C@@H](O)c1ccccc1. The van der Waals surface area contributed by atoms with Gasteiger partial charge in [-0.2, -0.15) is 0 Å². The van der Waals surface area contributed by atoms with Crippen LogP contribution in [0, 0.1) is 0 Å². The second kappa shape index (κ2) is 15.9. The molecule has 5 heteroatoms. The predicted molar refractivity (Wildman–Crippen MR) is 150 cm³/mol. The van der Waals surface area contributed by atoms with E-state index in [1.807, 2.05) is 67.6 Å². The van der Waals surface area contributed by atoms with Gasteiger partial charge in [0.05, 0.1) is 6.10 Å². The number of benzene rings is 3. The first-order valence-electron chi connectivity index (χ1n) is 13.5. The van der Waals surface area contributed by atoms with Crippen LogP contribution in [0.4, 0.5) is 4.79 Å². The molecule has 3 aromatic rings. The summed E-state index contributed by atoms with van der Waals surface area (Å²) >= 11 is 0. The number of unbranched alkanes of at least 4 members (excludes halogenated alkanes) is 1. The summed E-state index contributed by atoms with van der Waals surface area (Å²) in [4.78, 5) is 11.8. The molecule has 1 amide bonds. The van der Waals surface area contributed by atoms with Gasteiger partial charge in [0.15, 0.2) is 0 Å². The van der Waals surface area contributed by atoms with Crippen molar-refractivity contribution in [2.45, 2.75) is 77.2 Å². The summed E-state index contributed by atoms with van der Waals surface area (Å²) in [6.45, 7) is 5.15. The smallest absolute Gasteiger partial charge is 0.407 e. The first-order chi connectivity index (χ1) is 18.0. The highest BCUT2D eigenvalue weighted by Crippen LogP contribution is 2.17. The topological polar surface area (TPSA) is 70.6 Å². The van der Waals surface area contributed by atoms with E-state index in [0.717, 1.165) is 49.7 Å². The van der Waals surface area contributed by atoms with E-state index in [9.17, 15) is 9.90 Å². The van der Waals surface area contributed by atoms with Gasteiger partial charge in [0.2, 0.25) is 0 Å². The number of nitrogens with one attached hydrogen (secondary N) is 2. The van der Waals surface area contributed by atoms with Crippen LogP contribution >= 0.6 is 0 Å². The van der Waals surface area contributed by atoms with Crippen molar-refractivity contribution in [1.29, 1.82) is 0 Å². The summed E-state index contributed by atoms with van der Waals surface area (Å²) in [5.74, 6) is 0. The molecule has 0 saturated heterocycles. The van der Waals surface area contributed by atoms with Gasteiger partial charge in [0.25, 0.3) is 0 Å². The fourth-order valence-corrected chi connectivity index (χ4v) is 4.47. The lowest BCUT2D eigenvalue weighted by Crippen LogP contribution is -2.38. The number of hydrogen-bond donors (Lipinski definition) is 3. The highest BCUT2D eigenvalue weighted by Gasteiger charge is 2.17. The maximum atomic E-state index is 11.8. The molecule has 0 aliphatic rings. The molecule has 5 nitrogen and oxygen atoms in total. The number of hydrogen-bond acceptors (Lipinski definition) is 4. The first kappa shape index (κ1) is 28.4. The van der Waals surface area contributed by atoms with Gasteiger partial charge >= 0.3 is 6.09 Å². The van der Waals surface area contributed by atoms with E-state index in [4.69, 9.17) is 4.74 Å². The van der Waals surface area contributed by atoms with E-state index >= 15 is 0 Å². The molecule has 3 N–H and O–H groups in total. The van der Waals surface area contributed by atoms with Crippen LogP contribution in [0.1, 0.15) is 67.9 Å². The van der Waals surface area contributed by atoms with E-state index in [1.165, 1.54) is 11.1 Å². The zero-order chi connectivity index (χ0) is 26.3. The number of carbonyl (C=O) groups excluding carboxylic acids is 1. The second-order valence-corrected chi connectivity index (χ2v) is 9.87. The standard InChI is InChI=1S/C32H42N2O3/c1-25(34-26(2)31(35)30-17-7-4-8-18-30)12-11-16-28-21-19-27(20-22-28)13-9-10-23-33-32(36)37-24-29-14-5-3-6-15-29/h3-8,14-15,17-22,25-26,31,34-35H,9-13,16,23-24H2,1-2H3,(H,33,36)/t25-,26+,31-/m1/s1. The monoisotopic (exact) mass is 502 g/mol. The average molecular weight is 503 g/mol. The Balaban J connectivity index is 1.24. The number of ether oxygens (including phenoxy) is 1. The van der Waals surface area contributed by atoms with E-state index in [2.05, 4.69) is 41.8 Å². The van der Waals surface area contributed by atoms with E-state index in [1.54, 1.807) is 0 Å². The third-order valence-corrected chi connectivity index (χ3v) is 6.66. The molecule has 3 rings (SSSR count). The molecule has 0 aliphatic heterocycles. The minimum atomic E-state index is -0.500. The lowest BCUT2D eigenvalue weighted by atomic mass is 10.0. The highest BCUT2D eigenvalue weighted by molar-refractivity contribution is 5.67. The van der Waals surface area contributed by atoms with Crippen molar-refractivity contribution in [3.05, 3.63) is 107 Å². The van der Waals surface area contributed by atoms with Gasteiger partial charge in [0, 0.05) is 18.6 Å². The third-order valence-electron chi connectivity index (χ3n) is 6.66. The van der Waals surface area contributed by atoms with Gasteiger partial charge in [-0.25, -0.2) is 4.79 Å². The summed E-state index contributed by atoms with van der Waals surface area (Å²) < 4.78 is 5.24. The van der Waals surface area contributed by atoms with Gasteiger partial charge in [-0.15, -0.1) is 0 Å². The van der Waals surface area contributed by atoms with Gasteiger partial charge in [0.1, 0.15) is 6.61 Å². The molecular formula is C32H42N2O3. The van der Waals surface area contributed by atoms with Crippen molar-refractivity contribution in [1.82, 2.24) is 10.6 Å². The van der Waals surface area contributed by atoms with Crippen LogP contribution in [0.25, 0.3) is 0 Å². The van der Waals surface area contributed by atoms with Crippen molar-refractivity contribution in [3.63, 3.8) is 0 Å². The molecule has 198 valence electrons. The maximum absolute atomic E-state index is 11.8. The Morgan fingerprint density at radius 2 is 1.38 bits per heavy atom. The minimum Gasteiger partial charge on any atom is -0.445 e. The molecule has 0 spiro atoms. The number of aliphatic hydroxyl groups is 1. The average Bonchev–Trinajstić information content (AvgIpc) is 2.93. The summed E-state index contributed by atoms with van der Waals surface area (Å²) in [6, 6.07) is 28.8. The summed E-state index contributed by atoms with van der Waals surface area (Å²) in [6.07, 6.45) is 5.31. The Morgan fingerprint density at radius 3 is 2.03 bits per heavy atom. The lowest BCUT2D eigenvalue weighted by Gasteiger charge is -2.24. The van der Waals surface area contributed by atoms with Crippen LogP contribution in [0.2, 0.25) is 0 Å². The molecule has 0 unspecified atom stereocenters. The van der Waals surface area contributed by atoms with Crippen LogP contribution < -0.4 is 10.6 Å². The predicted octanol–water partition coefficient (Wildman–Crippen LogP) is 6.36. The van der Waals surface area contributed by atoms with Crippen molar-refractivity contribution in [2.75, 3.05) is 6.54 Å². The Hall–Kier alpha value is -3.15. The molecule has 0 saturated carbocycles. The number of carbonyl (C=O) groups is 1. The molecule has 0 radical (unpaired) electrons. The van der Waals surface area contributed by atoms with Crippen LogP contribution in [0.15, 0.2) is 84.9 Å². The zero-order valence-corrected chi connectivity index (χ0v) is 22.2. The molecule has 0 aliphatic carbocycles. The molecule has 0 aromatic heterocycles. The Morgan fingerprint density at radius 1 is 0.784 bits per heavy atom. The largest absolute Gasteiger partial charge is 0.445 e. The Labute approximate surface area is 222 Å². The van der Waals surface area contributed by atoms with E-state index < -0.39 is 6.10 Å². The normalized spacial score (nSPS) is 13.5. The van der Waals surface area contributed by atoms with E-state index in [0.29, 0.717) is 19.2 Å². The third kappa shape index (κ3) is 10.8. The van der Waals surface area contributed by atoms with Gasteiger partial charge in [-0.1, -0.05) is 84.9 Å². The molecular weight excluding hydrogens is 460 g/mol.